The molecule has 1 rings (SSSR count). The van der Waals surface area contributed by atoms with Crippen molar-refractivity contribution in [1.82, 2.24) is 4.57 Å². The Kier molecular flexibility index (Phi) is 7.33. The smallest absolute Gasteiger partial charge is 0.317 e. The van der Waals surface area contributed by atoms with Crippen LogP contribution in [0.5, 0.6) is 0 Å². The molecule has 112 valence electrons. The summed E-state index contributed by atoms with van der Waals surface area (Å²) in [5, 5.41) is 8.97. The van der Waals surface area contributed by atoms with Crippen molar-refractivity contribution >= 4 is 26.0 Å². The third-order valence-electron chi connectivity index (χ3n) is 3.10. The van der Waals surface area contributed by atoms with Crippen LogP contribution < -0.4 is 0 Å². The van der Waals surface area contributed by atoms with Crippen LogP contribution in [0.1, 0.15) is 12.0 Å². The van der Waals surface area contributed by atoms with E-state index in [1.165, 1.54) is 5.56 Å². The van der Waals surface area contributed by atoms with E-state index in [1.54, 1.807) is 0 Å². The largest absolute Gasteiger partial charge is 0.480 e. The van der Waals surface area contributed by atoms with Crippen LogP contribution in [0.4, 0.5) is 0 Å². The number of rotatable bonds is 9. The van der Waals surface area contributed by atoms with Gasteiger partial charge in [-0.25, -0.2) is 0 Å². The van der Waals surface area contributed by atoms with Gasteiger partial charge in [-0.15, -0.1) is 0 Å². The highest BCUT2D eigenvalue weighted by Gasteiger charge is 2.24. The molecule has 0 unspecified atom stereocenters. The lowest BCUT2D eigenvalue weighted by molar-refractivity contribution is -0.137. The summed E-state index contributed by atoms with van der Waals surface area (Å²) in [5.74, 6) is 1.40. The van der Waals surface area contributed by atoms with Gasteiger partial charge in [0, 0.05) is 5.75 Å². The number of aliphatic carboxylic acids is 1. The molecule has 3 nitrogen and oxygen atoms in total. The number of hydrogen-bond donors (Lipinski definition) is 1. The Morgan fingerprint density at radius 1 is 1.25 bits per heavy atom. The van der Waals surface area contributed by atoms with Crippen molar-refractivity contribution in [1.29, 1.82) is 0 Å². The van der Waals surface area contributed by atoms with Crippen molar-refractivity contribution in [3.05, 3.63) is 35.9 Å². The number of hydrogen-bond acceptors (Lipinski definition) is 3. The number of benzene rings is 1. The quantitative estimate of drug-likeness (QED) is 0.559. The van der Waals surface area contributed by atoms with E-state index in [2.05, 4.69) is 48.5 Å². The van der Waals surface area contributed by atoms with Crippen molar-refractivity contribution < 1.29 is 9.90 Å². The van der Waals surface area contributed by atoms with Gasteiger partial charge in [0.2, 0.25) is 0 Å². The van der Waals surface area contributed by atoms with Crippen LogP contribution in [0.3, 0.4) is 0 Å². The summed E-state index contributed by atoms with van der Waals surface area (Å²) in [6.07, 6.45) is 1.05. The number of carboxylic acid groups (broad SMARTS) is 1. The second-order valence-corrected chi connectivity index (χ2v) is 12.0. The van der Waals surface area contributed by atoms with Gasteiger partial charge in [0.15, 0.2) is 0 Å². The molecule has 0 radical (unpaired) electrons. The molecule has 20 heavy (non-hydrogen) atoms. The molecule has 0 aliphatic carbocycles. The second kappa shape index (κ2) is 8.49. The van der Waals surface area contributed by atoms with Gasteiger partial charge in [-0.3, -0.25) is 4.79 Å². The maximum Gasteiger partial charge on any atom is 0.317 e. The molecule has 0 amide bonds. The van der Waals surface area contributed by atoms with E-state index >= 15 is 0 Å². The Labute approximate surface area is 127 Å². The van der Waals surface area contributed by atoms with Gasteiger partial charge in [-0.2, -0.15) is 11.8 Å². The summed E-state index contributed by atoms with van der Waals surface area (Å²) in [7, 11) is -1.53. The van der Waals surface area contributed by atoms with Crippen LogP contribution in [-0.2, 0) is 10.5 Å². The van der Waals surface area contributed by atoms with Crippen molar-refractivity contribution in [2.45, 2.75) is 31.8 Å². The highest BCUT2D eigenvalue weighted by atomic mass is 32.2. The Morgan fingerprint density at radius 3 is 2.45 bits per heavy atom. The Hall–Kier alpha value is -0.783. The molecule has 5 heteroatoms. The summed E-state index contributed by atoms with van der Waals surface area (Å²) in [6, 6.07) is 10.5. The molecule has 1 N–H and O–H groups in total. The Balaban J connectivity index is 2.25. The summed E-state index contributed by atoms with van der Waals surface area (Å²) < 4.78 is 2.17. The first kappa shape index (κ1) is 17.3. The number of thioether (sulfide) groups is 1. The third-order valence-corrected chi connectivity index (χ3v) is 6.50. The average molecular weight is 312 g/mol. The maximum absolute atomic E-state index is 10.9. The van der Waals surface area contributed by atoms with Gasteiger partial charge in [0.25, 0.3) is 0 Å². The van der Waals surface area contributed by atoms with Gasteiger partial charge in [0.1, 0.15) is 8.24 Å². The molecule has 1 aromatic carbocycles. The maximum atomic E-state index is 10.9. The Morgan fingerprint density at radius 2 is 1.90 bits per heavy atom. The van der Waals surface area contributed by atoms with E-state index in [-0.39, 0.29) is 6.54 Å². The zero-order chi connectivity index (χ0) is 15.0. The second-order valence-electron chi connectivity index (χ2n) is 5.88. The molecule has 0 heterocycles. The minimum Gasteiger partial charge on any atom is -0.480 e. The third kappa shape index (κ3) is 7.12. The van der Waals surface area contributed by atoms with Gasteiger partial charge < -0.3 is 9.67 Å². The SMILES string of the molecule is C[Si](C)(C)N(CCCSCc1ccccc1)CC(=O)O. The molecular weight excluding hydrogens is 286 g/mol. The van der Waals surface area contributed by atoms with Crippen molar-refractivity contribution in [2.75, 3.05) is 18.8 Å². The highest BCUT2D eigenvalue weighted by molar-refractivity contribution is 7.98. The van der Waals surface area contributed by atoms with E-state index in [0.717, 1.165) is 24.5 Å². The van der Waals surface area contributed by atoms with Crippen molar-refractivity contribution in [2.24, 2.45) is 0 Å². The van der Waals surface area contributed by atoms with Gasteiger partial charge >= 0.3 is 5.97 Å². The van der Waals surface area contributed by atoms with Crippen LogP contribution in [0.15, 0.2) is 30.3 Å². The Bertz CT molecular complexity index is 406. The summed E-state index contributed by atoms with van der Waals surface area (Å²) in [6.45, 7) is 7.68. The lowest BCUT2D eigenvalue weighted by Gasteiger charge is -2.32. The van der Waals surface area contributed by atoms with Crippen molar-refractivity contribution in [3.8, 4) is 0 Å². The number of nitrogens with zero attached hydrogens (tertiary/aromatic N) is 1. The summed E-state index contributed by atoms with van der Waals surface area (Å²) >= 11 is 1.92. The fourth-order valence-corrected chi connectivity index (χ4v) is 4.28. The van der Waals surface area contributed by atoms with E-state index < -0.39 is 14.2 Å². The topological polar surface area (TPSA) is 40.5 Å². The molecule has 0 aliphatic heterocycles. The van der Waals surface area contributed by atoms with Crippen LogP contribution in [0, 0.1) is 0 Å². The molecule has 0 saturated heterocycles. The lowest BCUT2D eigenvalue weighted by Crippen LogP contribution is -2.49. The van der Waals surface area contributed by atoms with Gasteiger partial charge in [-0.05, 0) is 24.3 Å². The van der Waals surface area contributed by atoms with E-state index in [4.69, 9.17) is 5.11 Å². The predicted octanol–water partition coefficient (Wildman–Crippen LogP) is 3.53. The van der Waals surface area contributed by atoms with Crippen LogP contribution in [0.2, 0.25) is 19.6 Å². The molecule has 0 atom stereocenters. The summed E-state index contributed by atoms with van der Waals surface area (Å²) in [5.41, 5.74) is 1.35. The van der Waals surface area contributed by atoms with E-state index in [1.807, 2.05) is 17.8 Å². The van der Waals surface area contributed by atoms with Crippen molar-refractivity contribution in [3.63, 3.8) is 0 Å². The lowest BCUT2D eigenvalue weighted by atomic mass is 10.2. The zero-order valence-corrected chi connectivity index (χ0v) is 14.4. The van der Waals surface area contributed by atoms with Crippen LogP contribution in [0.25, 0.3) is 0 Å². The highest BCUT2D eigenvalue weighted by Crippen LogP contribution is 2.15. The number of carboxylic acids is 1. The molecule has 0 fully saturated rings. The standard InChI is InChI=1S/C15H25NO2SSi/c1-20(2,3)16(12-15(17)18)10-7-11-19-13-14-8-5-4-6-9-14/h4-6,8-9H,7,10-13H2,1-3H3,(H,17,18). The number of carbonyl (C=O) groups is 1. The van der Waals surface area contributed by atoms with Crippen LogP contribution >= 0.6 is 11.8 Å². The first-order chi connectivity index (χ1) is 9.39. The molecule has 0 aromatic heterocycles. The molecule has 1 aromatic rings. The predicted molar refractivity (Wildman–Crippen MR) is 89.8 cm³/mol. The van der Waals surface area contributed by atoms with Crippen LogP contribution in [-0.4, -0.2) is 42.7 Å². The van der Waals surface area contributed by atoms with Gasteiger partial charge in [-0.1, -0.05) is 50.0 Å². The first-order valence-electron chi connectivity index (χ1n) is 6.98. The molecular formula is C15H25NO2SSi. The molecule has 0 bridgehead atoms. The monoisotopic (exact) mass is 311 g/mol. The minimum absolute atomic E-state index is 0.180. The van der Waals surface area contributed by atoms with E-state index in [0.29, 0.717) is 0 Å². The fraction of sp³-hybridized carbons (Fsp3) is 0.533. The van der Waals surface area contributed by atoms with Gasteiger partial charge in [0.05, 0.1) is 6.54 Å². The summed E-state index contributed by atoms with van der Waals surface area (Å²) in [4.78, 5) is 10.9. The molecule has 0 aliphatic rings. The average Bonchev–Trinajstić information content (AvgIpc) is 2.36. The molecule has 0 saturated carbocycles. The molecule has 0 spiro atoms. The normalized spacial score (nSPS) is 11.8. The van der Waals surface area contributed by atoms with E-state index in [9.17, 15) is 4.79 Å². The fourth-order valence-electron chi connectivity index (χ4n) is 1.94. The first-order valence-corrected chi connectivity index (χ1v) is 11.6. The minimum atomic E-state index is -1.53. The zero-order valence-electron chi connectivity index (χ0n) is 12.6.